The van der Waals surface area contributed by atoms with Crippen molar-refractivity contribution in [3.8, 4) is 17.2 Å². The summed E-state index contributed by atoms with van der Waals surface area (Å²) in [6.07, 6.45) is 4.59. The van der Waals surface area contributed by atoms with Crippen LogP contribution in [0.2, 0.25) is 0 Å². The average Bonchev–Trinajstić information content (AvgIpc) is 3.00. The summed E-state index contributed by atoms with van der Waals surface area (Å²) in [5, 5.41) is -0.445. The van der Waals surface area contributed by atoms with Crippen LogP contribution < -0.4 is 14.2 Å². The number of imide groups is 1. The van der Waals surface area contributed by atoms with Gasteiger partial charge >= 0.3 is 0 Å². The monoisotopic (exact) mass is 420 g/mol. The van der Waals surface area contributed by atoms with E-state index in [9.17, 15) is 14.4 Å². The third kappa shape index (κ3) is 4.50. The summed E-state index contributed by atoms with van der Waals surface area (Å²) in [5.41, 5.74) is 0.618. The Kier molecular flexibility index (Phi) is 6.68. The fourth-order valence-corrected chi connectivity index (χ4v) is 4.19. The topological polar surface area (TPSA) is 85.4 Å². The largest absolute Gasteiger partial charge is 0.493 e. The van der Waals surface area contributed by atoms with Crippen LogP contribution >= 0.6 is 11.8 Å². The minimum atomic E-state index is -0.473. The Morgan fingerprint density at radius 2 is 1.66 bits per heavy atom. The maximum atomic E-state index is 12.7. The maximum absolute atomic E-state index is 12.7. The van der Waals surface area contributed by atoms with E-state index >= 15 is 0 Å². The van der Waals surface area contributed by atoms with Crippen molar-refractivity contribution < 1.29 is 28.6 Å². The number of thioether (sulfide) groups is 1. The molecule has 0 atom stereocenters. The number of hydrogen-bond donors (Lipinski definition) is 0. The first kappa shape index (κ1) is 21.0. The van der Waals surface area contributed by atoms with Gasteiger partial charge in [-0.1, -0.05) is 0 Å². The number of ether oxygens (including phenoxy) is 3. The Labute approximate surface area is 173 Å². The normalized spacial score (nSPS) is 18.4. The van der Waals surface area contributed by atoms with Crippen molar-refractivity contribution in [3.05, 3.63) is 22.6 Å². The zero-order valence-corrected chi connectivity index (χ0v) is 17.5. The van der Waals surface area contributed by atoms with Gasteiger partial charge in [-0.15, -0.1) is 0 Å². The Hall–Kier alpha value is -2.68. The van der Waals surface area contributed by atoms with Crippen LogP contribution in [0.4, 0.5) is 4.79 Å². The van der Waals surface area contributed by atoms with Gasteiger partial charge in [0, 0.05) is 13.1 Å². The fourth-order valence-electron chi connectivity index (χ4n) is 3.35. The number of piperidine rings is 1. The number of hydrogen-bond acceptors (Lipinski definition) is 7. The van der Waals surface area contributed by atoms with Crippen LogP contribution in [-0.2, 0) is 9.59 Å². The smallest absolute Gasteiger partial charge is 0.294 e. The van der Waals surface area contributed by atoms with E-state index in [-0.39, 0.29) is 17.4 Å². The summed E-state index contributed by atoms with van der Waals surface area (Å²) in [6, 6.07) is 3.38. The van der Waals surface area contributed by atoms with Gasteiger partial charge in [-0.25, -0.2) is 0 Å². The van der Waals surface area contributed by atoms with E-state index in [1.54, 1.807) is 23.1 Å². The number of carbonyl (C=O) groups is 3. The predicted molar refractivity (Wildman–Crippen MR) is 109 cm³/mol. The van der Waals surface area contributed by atoms with Crippen molar-refractivity contribution >= 4 is 34.9 Å². The highest BCUT2D eigenvalue weighted by Gasteiger charge is 2.37. The highest BCUT2D eigenvalue weighted by molar-refractivity contribution is 8.18. The Balaban J connectivity index is 1.80. The van der Waals surface area contributed by atoms with E-state index in [0.717, 1.165) is 35.9 Å². The van der Waals surface area contributed by atoms with Crippen molar-refractivity contribution in [1.82, 2.24) is 9.80 Å². The lowest BCUT2D eigenvalue weighted by atomic mass is 10.1. The molecule has 2 fully saturated rings. The highest BCUT2D eigenvalue weighted by Crippen LogP contribution is 2.40. The molecule has 1 aromatic rings. The van der Waals surface area contributed by atoms with Gasteiger partial charge in [0.1, 0.15) is 6.54 Å². The average molecular weight is 420 g/mol. The molecule has 0 bridgehead atoms. The molecular weight excluding hydrogens is 396 g/mol. The second-order valence-electron chi connectivity index (χ2n) is 6.67. The van der Waals surface area contributed by atoms with Crippen LogP contribution in [0.25, 0.3) is 6.08 Å². The molecule has 2 saturated heterocycles. The second kappa shape index (κ2) is 9.21. The number of nitrogens with zero attached hydrogens (tertiary/aromatic N) is 2. The Morgan fingerprint density at radius 1 is 1.03 bits per heavy atom. The lowest BCUT2D eigenvalue weighted by molar-refractivity contribution is -0.136. The molecule has 156 valence electrons. The molecule has 0 unspecified atom stereocenters. The van der Waals surface area contributed by atoms with Crippen LogP contribution in [0.15, 0.2) is 17.0 Å². The summed E-state index contributed by atoms with van der Waals surface area (Å²) in [5.74, 6) is 0.655. The highest BCUT2D eigenvalue weighted by atomic mass is 32.2. The standard InChI is InChI=1S/C20H24N2O6S/c1-26-14-9-13(10-15(27-2)18(14)28-3)11-16-19(24)22(20(25)29-16)12-17(23)21-7-5-4-6-8-21/h9-11H,4-8,12H2,1-3H3/b16-11-. The number of amides is 3. The van der Waals surface area contributed by atoms with Gasteiger partial charge in [0.25, 0.3) is 11.1 Å². The number of benzene rings is 1. The van der Waals surface area contributed by atoms with Crippen molar-refractivity contribution in [2.75, 3.05) is 41.0 Å². The Bertz CT molecular complexity index is 822. The minimum Gasteiger partial charge on any atom is -0.493 e. The molecule has 0 radical (unpaired) electrons. The second-order valence-corrected chi connectivity index (χ2v) is 7.66. The third-order valence-electron chi connectivity index (χ3n) is 4.86. The summed E-state index contributed by atoms with van der Waals surface area (Å²) in [4.78, 5) is 40.5. The summed E-state index contributed by atoms with van der Waals surface area (Å²) < 4.78 is 15.9. The van der Waals surface area contributed by atoms with Gasteiger partial charge < -0.3 is 19.1 Å². The van der Waals surface area contributed by atoms with E-state index in [0.29, 0.717) is 35.9 Å². The van der Waals surface area contributed by atoms with Gasteiger partial charge in [-0.2, -0.15) is 0 Å². The number of methoxy groups -OCH3 is 3. The van der Waals surface area contributed by atoms with E-state index in [1.807, 2.05) is 0 Å². The first-order valence-corrected chi connectivity index (χ1v) is 10.1. The van der Waals surface area contributed by atoms with Gasteiger partial charge in [0.2, 0.25) is 11.7 Å². The van der Waals surface area contributed by atoms with Crippen LogP contribution in [0.5, 0.6) is 17.2 Å². The molecule has 0 saturated carbocycles. The zero-order valence-electron chi connectivity index (χ0n) is 16.7. The first-order chi connectivity index (χ1) is 14.0. The molecule has 0 aliphatic carbocycles. The summed E-state index contributed by atoms with van der Waals surface area (Å²) >= 11 is 0.817. The number of rotatable bonds is 6. The molecule has 8 nitrogen and oxygen atoms in total. The van der Waals surface area contributed by atoms with Gasteiger partial charge in [0.15, 0.2) is 11.5 Å². The lowest BCUT2D eigenvalue weighted by Gasteiger charge is -2.27. The van der Waals surface area contributed by atoms with Crippen LogP contribution in [0.3, 0.4) is 0 Å². The van der Waals surface area contributed by atoms with Crippen molar-refractivity contribution in [3.63, 3.8) is 0 Å². The van der Waals surface area contributed by atoms with E-state index in [2.05, 4.69) is 0 Å². The quantitative estimate of drug-likeness (QED) is 0.654. The van der Waals surface area contributed by atoms with Gasteiger partial charge in [-0.05, 0) is 54.8 Å². The molecule has 29 heavy (non-hydrogen) atoms. The molecular formula is C20H24N2O6S. The van der Waals surface area contributed by atoms with Gasteiger partial charge in [-0.3, -0.25) is 19.3 Å². The molecule has 2 aliphatic rings. The molecule has 1 aromatic carbocycles. The first-order valence-electron chi connectivity index (χ1n) is 9.31. The molecule has 0 spiro atoms. The van der Waals surface area contributed by atoms with E-state index in [1.165, 1.54) is 21.3 Å². The van der Waals surface area contributed by atoms with Crippen molar-refractivity contribution in [2.45, 2.75) is 19.3 Å². The Morgan fingerprint density at radius 3 is 2.21 bits per heavy atom. The third-order valence-corrected chi connectivity index (χ3v) is 5.77. The fraction of sp³-hybridized carbons (Fsp3) is 0.450. The molecule has 0 N–H and O–H groups in total. The van der Waals surface area contributed by atoms with Crippen LogP contribution in [0.1, 0.15) is 24.8 Å². The molecule has 3 rings (SSSR count). The lowest BCUT2D eigenvalue weighted by Crippen LogP contribution is -2.44. The SMILES string of the molecule is COc1cc(/C=C2\SC(=O)N(CC(=O)N3CCCCC3)C2=O)cc(OC)c1OC. The van der Waals surface area contributed by atoms with E-state index in [4.69, 9.17) is 14.2 Å². The van der Waals surface area contributed by atoms with Gasteiger partial charge in [0.05, 0.1) is 26.2 Å². The maximum Gasteiger partial charge on any atom is 0.294 e. The van der Waals surface area contributed by atoms with Crippen molar-refractivity contribution in [1.29, 1.82) is 0 Å². The zero-order chi connectivity index (χ0) is 21.0. The molecule has 2 heterocycles. The van der Waals surface area contributed by atoms with E-state index < -0.39 is 11.1 Å². The minimum absolute atomic E-state index is 0.193. The summed E-state index contributed by atoms with van der Waals surface area (Å²) in [6.45, 7) is 1.13. The predicted octanol–water partition coefficient (Wildman–Crippen LogP) is 2.76. The van der Waals surface area contributed by atoms with Crippen LogP contribution in [-0.4, -0.2) is 67.8 Å². The molecule has 9 heteroatoms. The number of carbonyl (C=O) groups excluding carboxylic acids is 3. The van der Waals surface area contributed by atoms with Crippen LogP contribution in [0, 0.1) is 0 Å². The molecule has 2 aliphatic heterocycles. The molecule has 3 amide bonds. The molecule has 0 aromatic heterocycles. The summed E-state index contributed by atoms with van der Waals surface area (Å²) in [7, 11) is 4.51. The number of likely N-dealkylation sites (tertiary alicyclic amines) is 1. The van der Waals surface area contributed by atoms with Crippen molar-refractivity contribution in [2.24, 2.45) is 0 Å².